The van der Waals surface area contributed by atoms with Crippen LogP contribution in [0.4, 0.5) is 11.5 Å². The lowest BCUT2D eigenvalue weighted by Gasteiger charge is -2.36. The van der Waals surface area contributed by atoms with E-state index in [0.717, 1.165) is 5.82 Å². The Bertz CT molecular complexity index is 1050. The van der Waals surface area contributed by atoms with E-state index >= 15 is 0 Å². The molecular formula is C23H21ClN4O2. The van der Waals surface area contributed by atoms with Crippen LogP contribution in [0, 0.1) is 0 Å². The minimum absolute atomic E-state index is 0.106. The van der Waals surface area contributed by atoms with Gasteiger partial charge in [-0.05, 0) is 36.4 Å². The molecule has 0 saturated carbocycles. The molecule has 3 aromatic rings. The predicted octanol–water partition coefficient (Wildman–Crippen LogP) is 3.95. The molecule has 0 unspecified atom stereocenters. The van der Waals surface area contributed by atoms with Gasteiger partial charge in [-0.1, -0.05) is 41.9 Å². The Hall–Kier alpha value is -3.38. The fourth-order valence-electron chi connectivity index (χ4n) is 3.46. The fourth-order valence-corrected chi connectivity index (χ4v) is 3.71. The molecule has 4 rings (SSSR count). The zero-order chi connectivity index (χ0) is 20.9. The van der Waals surface area contributed by atoms with Crippen molar-refractivity contribution in [3.05, 3.63) is 89.1 Å². The standard InChI is InChI=1S/C23H21ClN4O2/c24-19-10-6-12-25-21(19)27-13-15-28(16-14-27)23(30)18-9-4-5-11-20(18)26-22(29)17-7-2-1-3-8-17/h1-12H,13-16H2,(H,26,29). The molecular weight excluding hydrogens is 400 g/mol. The Morgan fingerprint density at radius 1 is 0.867 bits per heavy atom. The first-order valence-corrected chi connectivity index (χ1v) is 10.1. The van der Waals surface area contributed by atoms with E-state index in [1.807, 2.05) is 12.1 Å². The quantitative estimate of drug-likeness (QED) is 0.694. The lowest BCUT2D eigenvalue weighted by Crippen LogP contribution is -2.49. The summed E-state index contributed by atoms with van der Waals surface area (Å²) in [4.78, 5) is 33.9. The molecule has 2 amide bonds. The van der Waals surface area contributed by atoms with E-state index < -0.39 is 0 Å². The number of nitrogens with zero attached hydrogens (tertiary/aromatic N) is 3. The molecule has 1 aromatic heterocycles. The van der Waals surface area contributed by atoms with E-state index in [2.05, 4.69) is 15.2 Å². The second-order valence-corrected chi connectivity index (χ2v) is 7.36. The van der Waals surface area contributed by atoms with E-state index in [-0.39, 0.29) is 11.8 Å². The number of pyridine rings is 1. The van der Waals surface area contributed by atoms with Gasteiger partial charge in [0.2, 0.25) is 0 Å². The molecule has 2 heterocycles. The van der Waals surface area contributed by atoms with Gasteiger partial charge in [0.25, 0.3) is 11.8 Å². The highest BCUT2D eigenvalue weighted by atomic mass is 35.5. The van der Waals surface area contributed by atoms with Crippen LogP contribution in [0.1, 0.15) is 20.7 Å². The molecule has 0 radical (unpaired) electrons. The molecule has 1 aliphatic rings. The Morgan fingerprint density at radius 3 is 2.30 bits per heavy atom. The Morgan fingerprint density at radius 2 is 1.57 bits per heavy atom. The lowest BCUT2D eigenvalue weighted by molar-refractivity contribution is 0.0747. The topological polar surface area (TPSA) is 65.5 Å². The Balaban J connectivity index is 1.46. The molecule has 0 atom stereocenters. The number of amides is 2. The molecule has 7 heteroatoms. The van der Waals surface area contributed by atoms with Gasteiger partial charge >= 0.3 is 0 Å². The number of piperazine rings is 1. The fraction of sp³-hybridized carbons (Fsp3) is 0.174. The minimum Gasteiger partial charge on any atom is -0.352 e. The molecule has 1 fully saturated rings. The van der Waals surface area contributed by atoms with Gasteiger partial charge in [-0.3, -0.25) is 9.59 Å². The van der Waals surface area contributed by atoms with E-state index in [0.29, 0.717) is 48.0 Å². The third-order valence-electron chi connectivity index (χ3n) is 5.05. The number of hydrogen-bond acceptors (Lipinski definition) is 4. The summed E-state index contributed by atoms with van der Waals surface area (Å²) in [5.74, 6) is 0.387. The normalized spacial score (nSPS) is 13.8. The average Bonchev–Trinajstić information content (AvgIpc) is 2.80. The van der Waals surface area contributed by atoms with Crippen LogP contribution in [-0.2, 0) is 0 Å². The SMILES string of the molecule is O=C(Nc1ccccc1C(=O)N1CCN(c2ncccc2Cl)CC1)c1ccccc1. The smallest absolute Gasteiger partial charge is 0.256 e. The lowest BCUT2D eigenvalue weighted by atomic mass is 10.1. The summed E-state index contributed by atoms with van der Waals surface area (Å²) in [5.41, 5.74) is 1.53. The summed E-state index contributed by atoms with van der Waals surface area (Å²) >= 11 is 6.25. The van der Waals surface area contributed by atoms with Crippen LogP contribution >= 0.6 is 11.6 Å². The number of carbonyl (C=O) groups is 2. The summed E-state index contributed by atoms with van der Waals surface area (Å²) in [6, 6.07) is 19.6. The van der Waals surface area contributed by atoms with Gasteiger partial charge in [0, 0.05) is 37.9 Å². The van der Waals surface area contributed by atoms with Crippen LogP contribution in [0.3, 0.4) is 0 Å². The Kier molecular flexibility index (Phi) is 5.95. The van der Waals surface area contributed by atoms with Gasteiger partial charge in [0.15, 0.2) is 0 Å². The highest BCUT2D eigenvalue weighted by Gasteiger charge is 2.25. The average molecular weight is 421 g/mol. The number of hydrogen-bond donors (Lipinski definition) is 1. The van der Waals surface area contributed by atoms with Crippen molar-refractivity contribution in [1.82, 2.24) is 9.88 Å². The van der Waals surface area contributed by atoms with E-state index in [1.54, 1.807) is 65.7 Å². The predicted molar refractivity (Wildman–Crippen MR) is 118 cm³/mol. The van der Waals surface area contributed by atoms with Crippen LogP contribution in [-0.4, -0.2) is 47.9 Å². The maximum atomic E-state index is 13.2. The highest BCUT2D eigenvalue weighted by molar-refractivity contribution is 6.32. The van der Waals surface area contributed by atoms with Crippen LogP contribution < -0.4 is 10.2 Å². The zero-order valence-corrected chi connectivity index (χ0v) is 17.0. The number of carbonyl (C=O) groups excluding carboxylic acids is 2. The van der Waals surface area contributed by atoms with Crippen LogP contribution in [0.15, 0.2) is 72.9 Å². The molecule has 0 bridgehead atoms. The molecule has 1 saturated heterocycles. The van der Waals surface area contributed by atoms with Crippen molar-refractivity contribution >= 4 is 34.9 Å². The van der Waals surface area contributed by atoms with E-state index in [9.17, 15) is 9.59 Å². The van der Waals surface area contributed by atoms with Gasteiger partial charge in [0.05, 0.1) is 16.3 Å². The number of para-hydroxylation sites is 1. The van der Waals surface area contributed by atoms with E-state index in [1.165, 1.54) is 0 Å². The minimum atomic E-state index is -0.245. The number of halogens is 1. The van der Waals surface area contributed by atoms with Crippen molar-refractivity contribution in [3.8, 4) is 0 Å². The summed E-state index contributed by atoms with van der Waals surface area (Å²) in [6.07, 6.45) is 1.71. The maximum absolute atomic E-state index is 13.2. The van der Waals surface area contributed by atoms with Gasteiger partial charge in [-0.25, -0.2) is 4.98 Å². The van der Waals surface area contributed by atoms with Crippen molar-refractivity contribution in [3.63, 3.8) is 0 Å². The maximum Gasteiger partial charge on any atom is 0.256 e. The van der Waals surface area contributed by atoms with Crippen LogP contribution in [0.2, 0.25) is 5.02 Å². The van der Waals surface area contributed by atoms with Crippen molar-refractivity contribution in [2.75, 3.05) is 36.4 Å². The van der Waals surface area contributed by atoms with Gasteiger partial charge in [0.1, 0.15) is 5.82 Å². The molecule has 2 aromatic carbocycles. The summed E-state index contributed by atoms with van der Waals surface area (Å²) in [6.45, 7) is 2.38. The van der Waals surface area contributed by atoms with Crippen molar-refractivity contribution in [2.24, 2.45) is 0 Å². The molecule has 0 spiro atoms. The summed E-state index contributed by atoms with van der Waals surface area (Å²) in [5, 5.41) is 3.47. The number of aromatic nitrogens is 1. The second kappa shape index (κ2) is 8.97. The summed E-state index contributed by atoms with van der Waals surface area (Å²) in [7, 11) is 0. The number of nitrogens with one attached hydrogen (secondary N) is 1. The molecule has 0 aliphatic carbocycles. The highest BCUT2D eigenvalue weighted by Crippen LogP contribution is 2.24. The summed E-state index contributed by atoms with van der Waals surface area (Å²) < 4.78 is 0. The van der Waals surface area contributed by atoms with Gasteiger partial charge in [-0.15, -0.1) is 0 Å². The first-order chi connectivity index (χ1) is 14.6. The van der Waals surface area contributed by atoms with E-state index in [4.69, 9.17) is 11.6 Å². The third-order valence-corrected chi connectivity index (χ3v) is 5.34. The van der Waals surface area contributed by atoms with Crippen LogP contribution in [0.25, 0.3) is 0 Å². The largest absolute Gasteiger partial charge is 0.352 e. The molecule has 6 nitrogen and oxygen atoms in total. The molecule has 152 valence electrons. The third kappa shape index (κ3) is 4.28. The van der Waals surface area contributed by atoms with Gasteiger partial charge in [-0.2, -0.15) is 0 Å². The number of benzene rings is 2. The first kappa shape index (κ1) is 19.9. The first-order valence-electron chi connectivity index (χ1n) is 9.73. The number of anilines is 2. The van der Waals surface area contributed by atoms with Crippen molar-refractivity contribution < 1.29 is 9.59 Å². The number of rotatable bonds is 4. The zero-order valence-electron chi connectivity index (χ0n) is 16.3. The van der Waals surface area contributed by atoms with Crippen LogP contribution in [0.5, 0.6) is 0 Å². The van der Waals surface area contributed by atoms with Crippen molar-refractivity contribution in [1.29, 1.82) is 0 Å². The molecule has 1 N–H and O–H groups in total. The monoisotopic (exact) mass is 420 g/mol. The van der Waals surface area contributed by atoms with Crippen molar-refractivity contribution in [2.45, 2.75) is 0 Å². The molecule has 1 aliphatic heterocycles. The van der Waals surface area contributed by atoms with Gasteiger partial charge < -0.3 is 15.1 Å². The Labute approximate surface area is 180 Å². The second-order valence-electron chi connectivity index (χ2n) is 6.95. The molecule has 30 heavy (non-hydrogen) atoms.